The van der Waals surface area contributed by atoms with Gasteiger partial charge in [0.15, 0.2) is 0 Å². The largest absolute Gasteiger partial charge is 0.389 e. The molecule has 1 aromatic carbocycles. The van der Waals surface area contributed by atoms with E-state index in [4.69, 9.17) is 11.1 Å². The molecular weight excluding hydrogens is 213 g/mol. The average molecular weight is 225 g/mol. The van der Waals surface area contributed by atoms with Crippen LogP contribution in [0.3, 0.4) is 0 Å². The Balaban J connectivity index is 2.89. The molecule has 1 rings (SSSR count). The van der Waals surface area contributed by atoms with Crippen molar-refractivity contribution in [1.82, 2.24) is 0 Å². The highest BCUT2D eigenvalue weighted by Gasteiger charge is 2.19. The molecule has 2 unspecified atom stereocenters. The fourth-order valence-corrected chi connectivity index (χ4v) is 1.26. The topological polar surface area (TPSA) is 102 Å². The zero-order valence-corrected chi connectivity index (χ0v) is 8.39. The number of nitrogens with two attached hydrogens (primary N) is 1. The highest BCUT2D eigenvalue weighted by atomic mass is 19.1. The molecule has 0 fully saturated rings. The number of nitrogens with zero attached hydrogens (tertiary/aromatic N) is 1. The third kappa shape index (κ3) is 2.67. The molecule has 0 spiro atoms. The van der Waals surface area contributed by atoms with Crippen molar-refractivity contribution in [3.63, 3.8) is 0 Å². The lowest BCUT2D eigenvalue weighted by Gasteiger charge is -2.16. The molecule has 2 atom stereocenters. The van der Waals surface area contributed by atoms with E-state index in [0.717, 1.165) is 6.07 Å². The van der Waals surface area contributed by atoms with Crippen LogP contribution in [0.25, 0.3) is 0 Å². The molecule has 0 bridgehead atoms. The maximum Gasteiger partial charge on any atom is 0.147 e. The number of nitrogens with one attached hydrogen (secondary N) is 1. The van der Waals surface area contributed by atoms with Gasteiger partial charge in [-0.05, 0) is 17.7 Å². The first-order valence-electron chi connectivity index (χ1n) is 4.59. The fraction of sp³-hybridized carbons (Fsp3) is 0.300. The van der Waals surface area contributed by atoms with Crippen LogP contribution in [-0.2, 0) is 0 Å². The highest BCUT2D eigenvalue weighted by Crippen LogP contribution is 2.22. The summed E-state index contributed by atoms with van der Waals surface area (Å²) in [6.45, 7) is 0. The fourth-order valence-electron chi connectivity index (χ4n) is 1.26. The molecule has 5 N–H and O–H groups in total. The second-order valence-electron chi connectivity index (χ2n) is 3.26. The summed E-state index contributed by atoms with van der Waals surface area (Å²) in [6.07, 6.45) is -2.75. The Bertz CT molecular complexity index is 406. The number of anilines is 1. The number of benzene rings is 1. The Labute approximate surface area is 91.9 Å². The van der Waals surface area contributed by atoms with Crippen molar-refractivity contribution in [2.24, 2.45) is 5.84 Å². The third-order valence-electron chi connectivity index (χ3n) is 2.16. The Morgan fingerprint density at radius 3 is 2.69 bits per heavy atom. The standard InChI is InChI=1S/C10H12FN3O2/c11-7-5-6(1-2-8(7)14-13)10(16)9(15)3-4-12/h1-2,5,9-10,14-16H,3,13H2. The molecule has 6 heteroatoms. The summed E-state index contributed by atoms with van der Waals surface area (Å²) >= 11 is 0. The van der Waals surface area contributed by atoms with Crippen LogP contribution in [0.4, 0.5) is 10.1 Å². The lowest BCUT2D eigenvalue weighted by Crippen LogP contribution is -2.18. The minimum absolute atomic E-state index is 0.0886. The zero-order valence-electron chi connectivity index (χ0n) is 8.39. The predicted molar refractivity (Wildman–Crippen MR) is 55.4 cm³/mol. The Morgan fingerprint density at radius 2 is 2.19 bits per heavy atom. The molecule has 0 saturated heterocycles. The number of hydrazine groups is 1. The van der Waals surface area contributed by atoms with Crippen molar-refractivity contribution >= 4 is 5.69 Å². The lowest BCUT2D eigenvalue weighted by molar-refractivity contribution is 0.0215. The van der Waals surface area contributed by atoms with Gasteiger partial charge < -0.3 is 15.6 Å². The first-order chi connectivity index (χ1) is 7.60. The van der Waals surface area contributed by atoms with E-state index in [1.165, 1.54) is 12.1 Å². The summed E-state index contributed by atoms with van der Waals surface area (Å²) in [6, 6.07) is 5.54. The molecule has 0 aliphatic heterocycles. The second kappa shape index (κ2) is 5.42. The van der Waals surface area contributed by atoms with Gasteiger partial charge in [0.05, 0.1) is 24.3 Å². The summed E-state index contributed by atoms with van der Waals surface area (Å²) in [4.78, 5) is 0. The molecule has 0 aliphatic rings. The van der Waals surface area contributed by atoms with Crippen LogP contribution in [0, 0.1) is 17.1 Å². The molecule has 0 aliphatic carbocycles. The minimum Gasteiger partial charge on any atom is -0.389 e. The Hall–Kier alpha value is -1.68. The molecule has 0 amide bonds. The second-order valence-corrected chi connectivity index (χ2v) is 3.26. The van der Waals surface area contributed by atoms with Crippen LogP contribution >= 0.6 is 0 Å². The van der Waals surface area contributed by atoms with Crippen molar-refractivity contribution < 1.29 is 14.6 Å². The van der Waals surface area contributed by atoms with Crippen molar-refractivity contribution in [2.45, 2.75) is 18.6 Å². The van der Waals surface area contributed by atoms with Gasteiger partial charge in [-0.3, -0.25) is 5.84 Å². The first-order valence-corrected chi connectivity index (χ1v) is 4.59. The number of rotatable bonds is 4. The zero-order chi connectivity index (χ0) is 12.1. The molecular formula is C10H12FN3O2. The smallest absolute Gasteiger partial charge is 0.147 e. The molecule has 1 aromatic rings. The number of nitrogen functional groups attached to an aromatic ring is 1. The van der Waals surface area contributed by atoms with E-state index in [1.54, 1.807) is 6.07 Å². The average Bonchev–Trinajstić information content (AvgIpc) is 2.28. The molecule has 0 heterocycles. The monoisotopic (exact) mass is 225 g/mol. The van der Waals surface area contributed by atoms with E-state index in [9.17, 15) is 14.6 Å². The highest BCUT2D eigenvalue weighted by molar-refractivity contribution is 5.45. The van der Waals surface area contributed by atoms with Gasteiger partial charge in [-0.15, -0.1) is 0 Å². The van der Waals surface area contributed by atoms with Gasteiger partial charge >= 0.3 is 0 Å². The van der Waals surface area contributed by atoms with Crippen LogP contribution in [-0.4, -0.2) is 16.3 Å². The van der Waals surface area contributed by atoms with E-state index in [-0.39, 0.29) is 17.7 Å². The number of aliphatic hydroxyl groups excluding tert-OH is 2. The number of halogens is 1. The SMILES string of the molecule is N#CCC(O)C(O)c1ccc(NN)c(F)c1. The predicted octanol–water partition coefficient (Wildman–Crippen LogP) is 0.419. The summed E-state index contributed by atoms with van der Waals surface area (Å²) in [5.41, 5.74) is 2.43. The van der Waals surface area contributed by atoms with E-state index < -0.39 is 18.0 Å². The van der Waals surface area contributed by atoms with Gasteiger partial charge in [-0.1, -0.05) is 6.07 Å². The van der Waals surface area contributed by atoms with Crippen molar-refractivity contribution in [1.29, 1.82) is 5.26 Å². The first kappa shape index (κ1) is 12.4. The van der Waals surface area contributed by atoms with Crippen molar-refractivity contribution in [2.75, 3.05) is 5.43 Å². The molecule has 86 valence electrons. The van der Waals surface area contributed by atoms with Crippen molar-refractivity contribution in [3.05, 3.63) is 29.6 Å². The summed E-state index contributed by atoms with van der Waals surface area (Å²) < 4.78 is 13.3. The van der Waals surface area contributed by atoms with Crippen LogP contribution in [0.15, 0.2) is 18.2 Å². The quantitative estimate of drug-likeness (QED) is 0.439. The third-order valence-corrected chi connectivity index (χ3v) is 2.16. The van der Waals surface area contributed by atoms with Crippen LogP contribution in [0.1, 0.15) is 18.1 Å². The number of hydrogen-bond donors (Lipinski definition) is 4. The maximum absolute atomic E-state index is 13.3. The Morgan fingerprint density at radius 1 is 1.50 bits per heavy atom. The number of hydrogen-bond acceptors (Lipinski definition) is 5. The van der Waals surface area contributed by atoms with Gasteiger partial charge in [0.1, 0.15) is 11.9 Å². The molecule has 0 aromatic heterocycles. The molecule has 5 nitrogen and oxygen atoms in total. The molecule has 0 radical (unpaired) electrons. The Kier molecular flexibility index (Phi) is 4.19. The van der Waals surface area contributed by atoms with Crippen LogP contribution < -0.4 is 11.3 Å². The minimum atomic E-state index is -1.29. The normalized spacial score (nSPS) is 13.9. The lowest BCUT2D eigenvalue weighted by atomic mass is 10.0. The van der Waals surface area contributed by atoms with Crippen LogP contribution in [0.5, 0.6) is 0 Å². The van der Waals surface area contributed by atoms with E-state index >= 15 is 0 Å². The summed E-state index contributed by atoms with van der Waals surface area (Å²) in [5, 5.41) is 27.3. The van der Waals surface area contributed by atoms with E-state index in [1.807, 2.05) is 0 Å². The maximum atomic E-state index is 13.3. The van der Waals surface area contributed by atoms with E-state index in [0.29, 0.717) is 0 Å². The van der Waals surface area contributed by atoms with Gasteiger partial charge in [-0.2, -0.15) is 5.26 Å². The van der Waals surface area contributed by atoms with Gasteiger partial charge in [0, 0.05) is 0 Å². The summed E-state index contributed by atoms with van der Waals surface area (Å²) in [7, 11) is 0. The van der Waals surface area contributed by atoms with Gasteiger partial charge in [-0.25, -0.2) is 4.39 Å². The number of aliphatic hydroxyl groups is 2. The summed E-state index contributed by atoms with van der Waals surface area (Å²) in [5.74, 6) is 4.40. The van der Waals surface area contributed by atoms with E-state index in [2.05, 4.69) is 5.43 Å². The van der Waals surface area contributed by atoms with Gasteiger partial charge in [0.2, 0.25) is 0 Å². The van der Waals surface area contributed by atoms with Gasteiger partial charge in [0.25, 0.3) is 0 Å². The number of nitriles is 1. The molecule has 0 saturated carbocycles. The van der Waals surface area contributed by atoms with Crippen molar-refractivity contribution in [3.8, 4) is 6.07 Å². The molecule has 16 heavy (non-hydrogen) atoms. The van der Waals surface area contributed by atoms with Crippen LogP contribution in [0.2, 0.25) is 0 Å².